The molecule has 1 atom stereocenters. The Morgan fingerprint density at radius 3 is 2.61 bits per heavy atom. The molecule has 164 valence electrons. The summed E-state index contributed by atoms with van der Waals surface area (Å²) in [6.07, 6.45) is 1.89. The summed E-state index contributed by atoms with van der Waals surface area (Å²) in [6, 6.07) is 11.4. The Kier molecular flexibility index (Phi) is 5.97. The number of rotatable bonds is 5. The molecular weight excluding hydrogens is 420 g/mol. The monoisotopic (exact) mass is 444 g/mol. The van der Waals surface area contributed by atoms with Crippen molar-refractivity contribution in [2.75, 3.05) is 25.5 Å². The highest BCUT2D eigenvalue weighted by molar-refractivity contribution is 7.89. The number of cyclic esters (lactones) is 1. The van der Waals surface area contributed by atoms with Crippen LogP contribution in [0.1, 0.15) is 35.2 Å². The minimum absolute atomic E-state index is 0.000634. The first-order valence-corrected chi connectivity index (χ1v) is 11.6. The van der Waals surface area contributed by atoms with Gasteiger partial charge in [-0.05, 0) is 42.7 Å². The number of hydrogen-bond donors (Lipinski definition) is 1. The van der Waals surface area contributed by atoms with Gasteiger partial charge in [-0.25, -0.2) is 13.2 Å². The Balaban J connectivity index is 1.56. The summed E-state index contributed by atoms with van der Waals surface area (Å²) in [5, 5.41) is 2.68. The van der Waals surface area contributed by atoms with Crippen LogP contribution in [-0.2, 0) is 26.0 Å². The van der Waals surface area contributed by atoms with Crippen LogP contribution in [-0.4, -0.2) is 50.9 Å². The predicted molar refractivity (Wildman–Crippen MR) is 114 cm³/mol. The number of piperidine rings is 1. The largest absolute Gasteiger partial charge is 0.495 e. The van der Waals surface area contributed by atoms with Gasteiger partial charge in [-0.15, -0.1) is 0 Å². The van der Waals surface area contributed by atoms with Crippen LogP contribution in [0.3, 0.4) is 0 Å². The maximum absolute atomic E-state index is 13.2. The van der Waals surface area contributed by atoms with Gasteiger partial charge in [-0.3, -0.25) is 4.79 Å². The van der Waals surface area contributed by atoms with Crippen LogP contribution in [0.2, 0.25) is 0 Å². The molecule has 0 bridgehead atoms. The van der Waals surface area contributed by atoms with E-state index in [0.717, 1.165) is 24.8 Å². The van der Waals surface area contributed by atoms with Crippen molar-refractivity contribution in [3.05, 3.63) is 53.6 Å². The van der Waals surface area contributed by atoms with Gasteiger partial charge in [0.15, 0.2) is 6.10 Å². The number of fused-ring (bicyclic) bond motifs is 1. The fourth-order valence-corrected chi connectivity index (χ4v) is 5.60. The summed E-state index contributed by atoms with van der Waals surface area (Å²) >= 11 is 0. The number of ether oxygens (including phenoxy) is 2. The number of carbonyl (C=O) groups excluding carboxylic acids is 2. The van der Waals surface area contributed by atoms with E-state index in [9.17, 15) is 18.0 Å². The van der Waals surface area contributed by atoms with Crippen molar-refractivity contribution in [1.29, 1.82) is 0 Å². The zero-order valence-corrected chi connectivity index (χ0v) is 18.0. The molecule has 0 spiro atoms. The number of carbonyl (C=O) groups is 2. The third kappa shape index (κ3) is 4.28. The molecule has 4 rings (SSSR count). The van der Waals surface area contributed by atoms with E-state index in [2.05, 4.69) is 5.32 Å². The van der Waals surface area contributed by atoms with Gasteiger partial charge in [0.1, 0.15) is 10.6 Å². The van der Waals surface area contributed by atoms with E-state index in [1.807, 2.05) is 0 Å². The smallest absolute Gasteiger partial charge is 0.339 e. The summed E-state index contributed by atoms with van der Waals surface area (Å²) in [4.78, 5) is 25.0. The SMILES string of the molecule is COc1ccc(NC(=O)C2Cc3ccccc3C(=O)O2)cc1S(=O)(=O)N1CCCCC1. The van der Waals surface area contributed by atoms with Gasteiger partial charge in [0.25, 0.3) is 5.91 Å². The van der Waals surface area contributed by atoms with Crippen molar-refractivity contribution in [2.24, 2.45) is 0 Å². The first-order valence-electron chi connectivity index (χ1n) is 10.2. The molecule has 2 aliphatic rings. The van der Waals surface area contributed by atoms with E-state index >= 15 is 0 Å². The highest BCUT2D eigenvalue weighted by Gasteiger charge is 2.32. The summed E-state index contributed by atoms with van der Waals surface area (Å²) in [6.45, 7) is 0.916. The van der Waals surface area contributed by atoms with Crippen LogP contribution in [0, 0.1) is 0 Å². The fraction of sp³-hybridized carbons (Fsp3) is 0.364. The lowest BCUT2D eigenvalue weighted by molar-refractivity contribution is -0.125. The van der Waals surface area contributed by atoms with Crippen molar-refractivity contribution in [3.63, 3.8) is 0 Å². The number of sulfonamides is 1. The predicted octanol–water partition coefficient (Wildman–Crippen LogP) is 2.59. The van der Waals surface area contributed by atoms with Gasteiger partial charge in [0.2, 0.25) is 10.0 Å². The molecule has 2 aromatic carbocycles. The van der Waals surface area contributed by atoms with Crippen LogP contribution < -0.4 is 10.1 Å². The second-order valence-corrected chi connectivity index (χ2v) is 9.48. The van der Waals surface area contributed by atoms with E-state index in [0.29, 0.717) is 18.7 Å². The molecule has 2 aromatic rings. The number of hydrogen-bond acceptors (Lipinski definition) is 6. The quantitative estimate of drug-likeness (QED) is 0.712. The average Bonchev–Trinajstić information content (AvgIpc) is 2.79. The van der Waals surface area contributed by atoms with E-state index in [-0.39, 0.29) is 22.8 Å². The number of nitrogens with zero attached hydrogens (tertiary/aromatic N) is 1. The average molecular weight is 445 g/mol. The number of amides is 1. The van der Waals surface area contributed by atoms with Crippen LogP contribution in [0.15, 0.2) is 47.4 Å². The van der Waals surface area contributed by atoms with E-state index in [4.69, 9.17) is 9.47 Å². The summed E-state index contributed by atoms with van der Waals surface area (Å²) < 4.78 is 38.3. The molecular formula is C22H24N2O6S. The third-order valence-electron chi connectivity index (χ3n) is 5.55. The zero-order chi connectivity index (χ0) is 22.0. The number of anilines is 1. The number of benzene rings is 2. The van der Waals surface area contributed by atoms with Gasteiger partial charge in [-0.1, -0.05) is 24.6 Å². The maximum atomic E-state index is 13.2. The van der Waals surface area contributed by atoms with E-state index in [1.54, 1.807) is 30.3 Å². The number of methoxy groups -OCH3 is 1. The van der Waals surface area contributed by atoms with E-state index < -0.39 is 28.0 Å². The minimum Gasteiger partial charge on any atom is -0.495 e. The van der Waals surface area contributed by atoms with Crippen LogP contribution in [0.4, 0.5) is 5.69 Å². The van der Waals surface area contributed by atoms with Crippen molar-refractivity contribution in [1.82, 2.24) is 4.31 Å². The van der Waals surface area contributed by atoms with Gasteiger partial charge in [0.05, 0.1) is 12.7 Å². The molecule has 2 heterocycles. The molecule has 0 aromatic heterocycles. The first kappa shape index (κ1) is 21.3. The lowest BCUT2D eigenvalue weighted by Gasteiger charge is -2.27. The Morgan fingerprint density at radius 1 is 1.13 bits per heavy atom. The lowest BCUT2D eigenvalue weighted by Crippen LogP contribution is -2.38. The molecule has 9 heteroatoms. The Morgan fingerprint density at radius 2 is 1.87 bits per heavy atom. The number of nitrogens with one attached hydrogen (secondary N) is 1. The van der Waals surface area contributed by atoms with Crippen LogP contribution in [0.25, 0.3) is 0 Å². The molecule has 1 unspecified atom stereocenters. The molecule has 0 aliphatic carbocycles. The Labute approximate surface area is 181 Å². The van der Waals surface area contributed by atoms with Gasteiger partial charge < -0.3 is 14.8 Å². The topological polar surface area (TPSA) is 102 Å². The van der Waals surface area contributed by atoms with Crippen molar-refractivity contribution < 1.29 is 27.5 Å². The van der Waals surface area contributed by atoms with Crippen molar-refractivity contribution in [3.8, 4) is 5.75 Å². The molecule has 31 heavy (non-hydrogen) atoms. The molecule has 2 aliphatic heterocycles. The summed E-state index contributed by atoms with van der Waals surface area (Å²) in [7, 11) is -2.36. The third-order valence-corrected chi connectivity index (χ3v) is 7.47. The molecule has 1 fully saturated rings. The minimum atomic E-state index is -3.77. The standard InChI is InChI=1S/C22H24N2O6S/c1-29-18-10-9-16(14-20(18)31(27,28)24-11-5-2-6-12-24)23-21(25)19-13-15-7-3-4-8-17(15)22(26)30-19/h3-4,7-10,14,19H,2,5-6,11-13H2,1H3,(H,23,25). The van der Waals surface area contributed by atoms with Gasteiger partial charge in [0, 0.05) is 25.2 Å². The van der Waals surface area contributed by atoms with Gasteiger partial charge >= 0.3 is 5.97 Å². The van der Waals surface area contributed by atoms with Gasteiger partial charge in [-0.2, -0.15) is 4.31 Å². The molecule has 1 amide bonds. The molecule has 0 saturated carbocycles. The highest BCUT2D eigenvalue weighted by Crippen LogP contribution is 2.31. The van der Waals surface area contributed by atoms with Crippen molar-refractivity contribution >= 4 is 27.6 Å². The lowest BCUT2D eigenvalue weighted by atomic mass is 9.98. The second kappa shape index (κ2) is 8.68. The Bertz CT molecular complexity index is 1110. The van der Waals surface area contributed by atoms with E-state index in [1.165, 1.54) is 23.5 Å². The maximum Gasteiger partial charge on any atom is 0.339 e. The molecule has 0 radical (unpaired) electrons. The summed E-state index contributed by atoms with van der Waals surface area (Å²) in [5.41, 5.74) is 1.48. The van der Waals surface area contributed by atoms with Crippen LogP contribution in [0.5, 0.6) is 5.75 Å². The normalized spacial score (nSPS) is 19.3. The fourth-order valence-electron chi connectivity index (χ4n) is 3.90. The molecule has 8 nitrogen and oxygen atoms in total. The molecule has 1 N–H and O–H groups in total. The molecule has 1 saturated heterocycles. The number of esters is 1. The van der Waals surface area contributed by atoms with Crippen LogP contribution >= 0.6 is 0 Å². The van der Waals surface area contributed by atoms with Crippen molar-refractivity contribution in [2.45, 2.75) is 36.7 Å². The highest BCUT2D eigenvalue weighted by atomic mass is 32.2. The Hall–Kier alpha value is -2.91. The summed E-state index contributed by atoms with van der Waals surface area (Å²) in [5.74, 6) is -0.860. The first-order chi connectivity index (χ1) is 14.9. The second-order valence-electron chi connectivity index (χ2n) is 7.57. The zero-order valence-electron chi connectivity index (χ0n) is 17.2.